The molecule has 0 saturated carbocycles. The van der Waals surface area contributed by atoms with E-state index in [9.17, 15) is 4.79 Å². The Hall–Kier alpha value is -3.27. The predicted octanol–water partition coefficient (Wildman–Crippen LogP) is 4.59. The van der Waals surface area contributed by atoms with Gasteiger partial charge < -0.3 is 14.4 Å². The second-order valence-electron chi connectivity index (χ2n) is 6.50. The molecule has 3 aromatic carbocycles. The molecule has 144 valence electrons. The van der Waals surface area contributed by atoms with Crippen LogP contribution < -0.4 is 9.47 Å². The van der Waals surface area contributed by atoms with Crippen molar-refractivity contribution in [3.8, 4) is 11.5 Å². The zero-order valence-corrected chi connectivity index (χ0v) is 16.3. The van der Waals surface area contributed by atoms with Crippen molar-refractivity contribution in [3.63, 3.8) is 0 Å². The third-order valence-electron chi connectivity index (χ3n) is 4.68. The molecule has 0 radical (unpaired) electrons. The lowest BCUT2D eigenvalue weighted by molar-refractivity contribution is 0.0745. The lowest BCUT2D eigenvalue weighted by Crippen LogP contribution is -2.32. The SMILES string of the molecule is COc1ccc(CN(CCc2ccccc2OC)C(=O)c2ccccc2)cc1. The first-order valence-electron chi connectivity index (χ1n) is 9.30. The molecule has 0 fully saturated rings. The highest BCUT2D eigenvalue weighted by Crippen LogP contribution is 2.20. The summed E-state index contributed by atoms with van der Waals surface area (Å²) in [6.45, 7) is 1.13. The van der Waals surface area contributed by atoms with Gasteiger partial charge in [0, 0.05) is 18.7 Å². The molecule has 0 spiro atoms. The molecule has 28 heavy (non-hydrogen) atoms. The van der Waals surface area contributed by atoms with Crippen molar-refractivity contribution >= 4 is 5.91 Å². The number of nitrogens with zero attached hydrogens (tertiary/aromatic N) is 1. The molecule has 0 aliphatic carbocycles. The van der Waals surface area contributed by atoms with Crippen molar-refractivity contribution in [2.24, 2.45) is 0 Å². The number of rotatable bonds is 8. The minimum atomic E-state index is 0.0197. The van der Waals surface area contributed by atoms with Gasteiger partial charge in [-0.15, -0.1) is 0 Å². The van der Waals surface area contributed by atoms with Gasteiger partial charge in [-0.05, 0) is 47.9 Å². The van der Waals surface area contributed by atoms with Crippen molar-refractivity contribution in [2.75, 3.05) is 20.8 Å². The molecular formula is C24H25NO3. The molecule has 4 heteroatoms. The summed E-state index contributed by atoms with van der Waals surface area (Å²) >= 11 is 0. The van der Waals surface area contributed by atoms with Crippen LogP contribution in [0.15, 0.2) is 78.9 Å². The average molecular weight is 375 g/mol. The maximum absolute atomic E-state index is 13.1. The fourth-order valence-corrected chi connectivity index (χ4v) is 3.13. The molecule has 0 aliphatic rings. The molecule has 0 N–H and O–H groups in total. The summed E-state index contributed by atoms with van der Waals surface area (Å²) in [5.41, 5.74) is 2.84. The van der Waals surface area contributed by atoms with Gasteiger partial charge in [-0.2, -0.15) is 0 Å². The number of methoxy groups -OCH3 is 2. The largest absolute Gasteiger partial charge is 0.497 e. The van der Waals surface area contributed by atoms with E-state index in [1.54, 1.807) is 14.2 Å². The topological polar surface area (TPSA) is 38.8 Å². The van der Waals surface area contributed by atoms with Crippen molar-refractivity contribution in [1.29, 1.82) is 0 Å². The van der Waals surface area contributed by atoms with Gasteiger partial charge in [-0.1, -0.05) is 48.5 Å². The molecule has 0 heterocycles. The van der Waals surface area contributed by atoms with Crippen molar-refractivity contribution in [1.82, 2.24) is 4.90 Å². The second-order valence-corrected chi connectivity index (χ2v) is 6.50. The summed E-state index contributed by atoms with van der Waals surface area (Å²) < 4.78 is 10.7. The minimum absolute atomic E-state index is 0.0197. The van der Waals surface area contributed by atoms with E-state index in [-0.39, 0.29) is 5.91 Å². The Morgan fingerprint density at radius 1 is 0.821 bits per heavy atom. The predicted molar refractivity (Wildman–Crippen MR) is 111 cm³/mol. The number of ether oxygens (including phenoxy) is 2. The lowest BCUT2D eigenvalue weighted by Gasteiger charge is -2.24. The standard InChI is InChI=1S/C24H25NO3/c1-27-22-14-12-19(13-15-22)18-25(24(26)21-9-4-3-5-10-21)17-16-20-8-6-7-11-23(20)28-2/h3-15H,16-18H2,1-2H3. The highest BCUT2D eigenvalue weighted by Gasteiger charge is 2.17. The third-order valence-corrected chi connectivity index (χ3v) is 4.68. The van der Waals surface area contributed by atoms with Crippen LogP contribution in [0.2, 0.25) is 0 Å². The first-order valence-corrected chi connectivity index (χ1v) is 9.30. The summed E-state index contributed by atoms with van der Waals surface area (Å²) in [6, 6.07) is 25.1. The van der Waals surface area contributed by atoms with Gasteiger partial charge in [0.15, 0.2) is 0 Å². The maximum Gasteiger partial charge on any atom is 0.254 e. The number of benzene rings is 3. The summed E-state index contributed by atoms with van der Waals surface area (Å²) in [4.78, 5) is 15.0. The molecule has 3 rings (SSSR count). The van der Waals surface area contributed by atoms with Crippen molar-refractivity contribution in [2.45, 2.75) is 13.0 Å². The number of amides is 1. The van der Waals surface area contributed by atoms with Crippen LogP contribution in [0.4, 0.5) is 0 Å². The van der Waals surface area contributed by atoms with E-state index in [1.807, 2.05) is 83.8 Å². The van der Waals surface area contributed by atoms with Crippen LogP contribution in [0.1, 0.15) is 21.5 Å². The Morgan fingerprint density at radius 3 is 2.18 bits per heavy atom. The van der Waals surface area contributed by atoms with E-state index in [0.717, 1.165) is 29.0 Å². The van der Waals surface area contributed by atoms with Gasteiger partial charge in [0.1, 0.15) is 11.5 Å². The molecule has 0 atom stereocenters. The van der Waals surface area contributed by atoms with E-state index in [2.05, 4.69) is 0 Å². The highest BCUT2D eigenvalue weighted by molar-refractivity contribution is 5.94. The van der Waals surface area contributed by atoms with Gasteiger partial charge in [0.05, 0.1) is 14.2 Å². The van der Waals surface area contributed by atoms with E-state index in [1.165, 1.54) is 0 Å². The van der Waals surface area contributed by atoms with E-state index in [4.69, 9.17) is 9.47 Å². The van der Waals surface area contributed by atoms with Crippen LogP contribution in [0.3, 0.4) is 0 Å². The molecule has 1 amide bonds. The summed E-state index contributed by atoms with van der Waals surface area (Å²) in [5.74, 6) is 1.67. The van der Waals surface area contributed by atoms with E-state index >= 15 is 0 Å². The monoisotopic (exact) mass is 375 g/mol. The minimum Gasteiger partial charge on any atom is -0.497 e. The molecule has 0 aliphatic heterocycles. The first kappa shape index (κ1) is 19.5. The fourth-order valence-electron chi connectivity index (χ4n) is 3.13. The van der Waals surface area contributed by atoms with E-state index in [0.29, 0.717) is 18.7 Å². The molecular weight excluding hydrogens is 350 g/mol. The highest BCUT2D eigenvalue weighted by atomic mass is 16.5. The Labute approximate surface area is 166 Å². The number of carbonyl (C=O) groups is 1. The zero-order valence-electron chi connectivity index (χ0n) is 16.3. The normalized spacial score (nSPS) is 10.4. The number of hydrogen-bond acceptors (Lipinski definition) is 3. The Kier molecular flexibility index (Phi) is 6.68. The molecule has 3 aromatic rings. The van der Waals surface area contributed by atoms with Gasteiger partial charge in [-0.25, -0.2) is 0 Å². The average Bonchev–Trinajstić information content (AvgIpc) is 2.77. The fraction of sp³-hybridized carbons (Fsp3) is 0.208. The molecule has 4 nitrogen and oxygen atoms in total. The van der Waals surface area contributed by atoms with Gasteiger partial charge >= 0.3 is 0 Å². The van der Waals surface area contributed by atoms with Crippen LogP contribution in [0, 0.1) is 0 Å². The summed E-state index contributed by atoms with van der Waals surface area (Å²) in [5, 5.41) is 0. The Morgan fingerprint density at radius 2 is 1.50 bits per heavy atom. The Balaban J connectivity index is 1.80. The lowest BCUT2D eigenvalue weighted by atomic mass is 10.1. The van der Waals surface area contributed by atoms with Crippen LogP contribution in [-0.4, -0.2) is 31.6 Å². The van der Waals surface area contributed by atoms with Crippen LogP contribution in [-0.2, 0) is 13.0 Å². The van der Waals surface area contributed by atoms with Crippen LogP contribution in [0.5, 0.6) is 11.5 Å². The van der Waals surface area contributed by atoms with Gasteiger partial charge in [0.2, 0.25) is 0 Å². The molecule has 0 bridgehead atoms. The molecule has 0 unspecified atom stereocenters. The van der Waals surface area contributed by atoms with Crippen LogP contribution >= 0.6 is 0 Å². The summed E-state index contributed by atoms with van der Waals surface area (Å²) in [7, 11) is 3.32. The zero-order chi connectivity index (χ0) is 19.8. The Bertz CT molecular complexity index is 891. The molecule has 0 aromatic heterocycles. The maximum atomic E-state index is 13.1. The molecule has 0 saturated heterocycles. The van der Waals surface area contributed by atoms with Gasteiger partial charge in [-0.3, -0.25) is 4.79 Å². The quantitative estimate of drug-likeness (QED) is 0.578. The van der Waals surface area contributed by atoms with Crippen LogP contribution in [0.25, 0.3) is 0 Å². The van der Waals surface area contributed by atoms with Gasteiger partial charge in [0.25, 0.3) is 5.91 Å². The van der Waals surface area contributed by atoms with Crippen molar-refractivity contribution < 1.29 is 14.3 Å². The third kappa shape index (κ3) is 4.92. The van der Waals surface area contributed by atoms with E-state index < -0.39 is 0 Å². The number of hydrogen-bond donors (Lipinski definition) is 0. The number of carbonyl (C=O) groups excluding carboxylic acids is 1. The summed E-state index contributed by atoms with van der Waals surface area (Å²) in [6.07, 6.45) is 0.721. The number of para-hydroxylation sites is 1. The second kappa shape index (κ2) is 9.60. The first-order chi connectivity index (χ1) is 13.7. The smallest absolute Gasteiger partial charge is 0.254 e. The van der Waals surface area contributed by atoms with Crippen molar-refractivity contribution in [3.05, 3.63) is 95.6 Å².